The number of benzene rings is 1. The third-order valence-electron chi connectivity index (χ3n) is 8.70. The fourth-order valence-corrected chi connectivity index (χ4v) is 7.13. The van der Waals surface area contributed by atoms with E-state index in [0.29, 0.717) is 18.8 Å². The zero-order valence-corrected chi connectivity index (χ0v) is 26.3. The molecular weight excluding hydrogens is 604 g/mol. The number of hydrogen-bond acceptors (Lipinski definition) is 9. The van der Waals surface area contributed by atoms with Gasteiger partial charge in [-0.15, -0.1) is 0 Å². The van der Waals surface area contributed by atoms with E-state index in [2.05, 4.69) is 53.0 Å². The number of likely N-dealkylation sites (tertiary alicyclic amines) is 1. The molecule has 0 radical (unpaired) electrons. The van der Waals surface area contributed by atoms with Crippen molar-refractivity contribution < 1.29 is 23.7 Å². The number of carbonyl (C=O) groups excluding carboxylic acids is 1. The first-order valence-electron chi connectivity index (χ1n) is 14.5. The van der Waals surface area contributed by atoms with E-state index in [1.165, 1.54) is 0 Å². The van der Waals surface area contributed by atoms with Crippen molar-refractivity contribution in [2.24, 2.45) is 5.92 Å². The van der Waals surface area contributed by atoms with Gasteiger partial charge in [0.1, 0.15) is 41.5 Å². The summed E-state index contributed by atoms with van der Waals surface area (Å²) in [5.74, 6) is 1.10. The first-order valence-corrected chi connectivity index (χ1v) is 15.3. The molecule has 3 aromatic rings. The van der Waals surface area contributed by atoms with Gasteiger partial charge in [-0.1, -0.05) is 0 Å². The van der Waals surface area contributed by atoms with Crippen LogP contribution >= 0.6 is 15.9 Å². The second-order valence-electron chi connectivity index (χ2n) is 11.9. The predicted molar refractivity (Wildman–Crippen MR) is 162 cm³/mol. The van der Waals surface area contributed by atoms with E-state index in [-0.39, 0.29) is 36.1 Å². The van der Waals surface area contributed by atoms with Crippen LogP contribution < -0.4 is 20.1 Å². The number of nitrogens with one attached hydrogen (secondary N) is 2. The maximum absolute atomic E-state index is 13.6. The molecule has 1 aromatic carbocycles. The average molecular weight is 644 g/mol. The van der Waals surface area contributed by atoms with Crippen LogP contribution in [0.15, 0.2) is 35.2 Å². The van der Waals surface area contributed by atoms with Crippen LogP contribution in [0.1, 0.15) is 44.7 Å². The highest BCUT2D eigenvalue weighted by molar-refractivity contribution is 9.10. The molecule has 4 atom stereocenters. The molecule has 0 unspecified atom stereocenters. The second kappa shape index (κ2) is 11.6. The van der Waals surface area contributed by atoms with E-state index >= 15 is 0 Å². The Morgan fingerprint density at radius 1 is 1.14 bits per heavy atom. The van der Waals surface area contributed by atoms with Crippen LogP contribution in [0, 0.1) is 5.92 Å². The van der Waals surface area contributed by atoms with E-state index in [1.807, 2.05) is 38.2 Å². The van der Waals surface area contributed by atoms with Crippen molar-refractivity contribution in [1.82, 2.24) is 24.8 Å². The maximum atomic E-state index is 13.6. The minimum Gasteiger partial charge on any atom is -0.497 e. The number of anilines is 1. The lowest BCUT2D eigenvalue weighted by Crippen LogP contribution is -2.47. The maximum Gasteiger partial charge on any atom is 0.226 e. The molecule has 1 amide bonds. The largest absolute Gasteiger partial charge is 0.497 e. The van der Waals surface area contributed by atoms with E-state index in [4.69, 9.17) is 18.9 Å². The number of methoxy groups -OCH3 is 2. The Hall–Kier alpha value is -2.93. The first-order chi connectivity index (χ1) is 20.2. The lowest BCUT2D eigenvalue weighted by molar-refractivity contribution is -0.163. The van der Waals surface area contributed by atoms with Crippen molar-refractivity contribution in [1.29, 1.82) is 0 Å². The van der Waals surface area contributed by atoms with Gasteiger partial charge in [-0.05, 0) is 81.3 Å². The van der Waals surface area contributed by atoms with Gasteiger partial charge in [0.25, 0.3) is 0 Å². The Kier molecular flexibility index (Phi) is 8.07. The fraction of sp³-hybridized carbons (Fsp3) is 0.567. The average Bonchev–Trinajstić information content (AvgIpc) is 3.60. The van der Waals surface area contributed by atoms with Gasteiger partial charge >= 0.3 is 0 Å². The van der Waals surface area contributed by atoms with E-state index in [1.54, 1.807) is 20.5 Å². The van der Waals surface area contributed by atoms with Crippen LogP contribution in [0.2, 0.25) is 0 Å². The highest BCUT2D eigenvalue weighted by Crippen LogP contribution is 2.49. The zero-order valence-electron chi connectivity index (χ0n) is 24.7. The molecule has 4 heterocycles. The summed E-state index contributed by atoms with van der Waals surface area (Å²) in [6.07, 6.45) is 5.47. The van der Waals surface area contributed by atoms with Gasteiger partial charge in [-0.3, -0.25) is 4.79 Å². The number of hydrogen-bond donors (Lipinski definition) is 2. The molecule has 2 saturated heterocycles. The Balaban J connectivity index is 1.26. The molecule has 1 saturated carbocycles. The molecule has 12 heteroatoms. The number of amides is 1. The molecule has 3 aliphatic rings. The van der Waals surface area contributed by atoms with Crippen LogP contribution in [0.25, 0.3) is 11.0 Å². The van der Waals surface area contributed by atoms with Crippen molar-refractivity contribution in [3.8, 4) is 11.5 Å². The number of ether oxygens (including phenoxy) is 4. The van der Waals surface area contributed by atoms with Crippen LogP contribution in [0.3, 0.4) is 0 Å². The molecule has 2 N–H and O–H groups in total. The van der Waals surface area contributed by atoms with Crippen LogP contribution in [0.5, 0.6) is 11.5 Å². The van der Waals surface area contributed by atoms with Crippen molar-refractivity contribution in [3.05, 3.63) is 40.8 Å². The van der Waals surface area contributed by atoms with Gasteiger partial charge in [-0.25, -0.2) is 9.97 Å². The number of aromatic nitrogens is 3. The number of fused-ring (bicyclic) bond motifs is 2. The fourth-order valence-electron chi connectivity index (χ4n) is 6.55. The number of rotatable bonds is 8. The molecule has 6 rings (SSSR count). The minimum absolute atomic E-state index is 0.0456. The third-order valence-corrected chi connectivity index (χ3v) is 9.30. The first kappa shape index (κ1) is 29.2. The molecule has 226 valence electrons. The molecule has 1 aliphatic carbocycles. The Bertz CT molecular complexity index is 1460. The van der Waals surface area contributed by atoms with E-state index < -0.39 is 5.79 Å². The van der Waals surface area contributed by atoms with E-state index in [9.17, 15) is 4.79 Å². The second-order valence-corrected chi connectivity index (χ2v) is 12.8. The summed E-state index contributed by atoms with van der Waals surface area (Å²) >= 11 is 3.76. The minimum atomic E-state index is -0.778. The van der Waals surface area contributed by atoms with Gasteiger partial charge < -0.3 is 39.0 Å². The lowest BCUT2D eigenvalue weighted by atomic mass is 10.0. The number of piperidine rings is 1. The summed E-state index contributed by atoms with van der Waals surface area (Å²) in [5, 5.41) is 7.64. The normalized spacial score (nSPS) is 25.9. The topological polar surface area (TPSA) is 112 Å². The molecule has 0 spiro atoms. The standard InChI is InChI=1S/C30H39BrN6O5/c1-30(2)41-25-20(29(38)35-18-8-10-36(3)11-9-18)13-22(26(25)42-30)37-15-21(31)24-27(33-16-34-28(24)37)32-14-17-6-7-19(39-4)12-23(17)40-5/h6-7,12,15-16,18,20,22,25-26H,8-11,13-14H2,1-5H3,(H,35,38)(H,32,33,34)/t20-,22+,25+,26-/m0/s1. The summed E-state index contributed by atoms with van der Waals surface area (Å²) in [6, 6.07) is 5.79. The smallest absolute Gasteiger partial charge is 0.226 e. The molecule has 0 bridgehead atoms. The van der Waals surface area contributed by atoms with Crippen LogP contribution in [0.4, 0.5) is 5.82 Å². The zero-order chi connectivity index (χ0) is 29.6. The van der Waals surface area contributed by atoms with Crippen molar-refractivity contribution in [3.63, 3.8) is 0 Å². The molecule has 2 aliphatic heterocycles. The summed E-state index contributed by atoms with van der Waals surface area (Å²) in [5.41, 5.74) is 1.73. The molecule has 11 nitrogen and oxygen atoms in total. The molecule has 2 aromatic heterocycles. The summed E-state index contributed by atoms with van der Waals surface area (Å²) in [6.45, 7) is 6.30. The number of halogens is 1. The monoisotopic (exact) mass is 642 g/mol. The number of carbonyl (C=O) groups is 1. The molecule has 3 fully saturated rings. The van der Waals surface area contributed by atoms with Crippen molar-refractivity contribution >= 4 is 38.7 Å². The van der Waals surface area contributed by atoms with Gasteiger partial charge in [0.05, 0.1) is 31.6 Å². The third kappa shape index (κ3) is 5.57. The summed E-state index contributed by atoms with van der Waals surface area (Å²) in [7, 11) is 5.40. The number of nitrogens with zero attached hydrogens (tertiary/aromatic N) is 4. The van der Waals surface area contributed by atoms with Crippen LogP contribution in [-0.2, 0) is 20.8 Å². The molecule has 42 heavy (non-hydrogen) atoms. The Labute approximate surface area is 254 Å². The highest BCUT2D eigenvalue weighted by Gasteiger charge is 2.57. The van der Waals surface area contributed by atoms with Crippen molar-refractivity contribution in [2.75, 3.05) is 39.7 Å². The summed E-state index contributed by atoms with van der Waals surface area (Å²) in [4.78, 5) is 25.2. The lowest BCUT2D eigenvalue weighted by Gasteiger charge is -2.31. The van der Waals surface area contributed by atoms with E-state index in [0.717, 1.165) is 58.5 Å². The van der Waals surface area contributed by atoms with Gasteiger partial charge in [-0.2, -0.15) is 0 Å². The van der Waals surface area contributed by atoms with Gasteiger partial charge in [0.2, 0.25) is 5.91 Å². The van der Waals surface area contributed by atoms with Crippen molar-refractivity contribution in [2.45, 2.75) is 69.7 Å². The predicted octanol–water partition coefficient (Wildman–Crippen LogP) is 4.11. The SMILES string of the molecule is COc1ccc(CNc2ncnc3c2c(Br)cn3[C@@H]2C[C@H](C(=O)NC3CCN(C)CC3)[C@H]3OC(C)(C)O[C@H]32)c(OC)c1. The Morgan fingerprint density at radius 2 is 1.90 bits per heavy atom. The highest BCUT2D eigenvalue weighted by atomic mass is 79.9. The quantitative estimate of drug-likeness (QED) is 0.375. The van der Waals surface area contributed by atoms with Gasteiger partial charge in [0, 0.05) is 34.9 Å². The Morgan fingerprint density at radius 3 is 2.64 bits per heavy atom. The summed E-state index contributed by atoms with van der Waals surface area (Å²) < 4.78 is 26.7. The van der Waals surface area contributed by atoms with Crippen LogP contribution in [-0.4, -0.2) is 83.7 Å². The molecular formula is C30H39BrN6O5. The van der Waals surface area contributed by atoms with Gasteiger partial charge in [0.15, 0.2) is 5.79 Å².